The van der Waals surface area contributed by atoms with Crippen LogP contribution in [-0.2, 0) is 20.2 Å². The fourth-order valence-corrected chi connectivity index (χ4v) is 2.32. The van der Waals surface area contributed by atoms with Crippen molar-refractivity contribution in [3.8, 4) is 0 Å². The highest BCUT2D eigenvalue weighted by atomic mass is 32.2. The molecule has 0 saturated heterocycles. The summed E-state index contributed by atoms with van der Waals surface area (Å²) >= 11 is 0. The minimum atomic E-state index is -4.97. The Kier molecular flexibility index (Phi) is 9.91. The van der Waals surface area contributed by atoms with Gasteiger partial charge in [0.1, 0.15) is 20.2 Å². The van der Waals surface area contributed by atoms with Crippen LogP contribution in [-0.4, -0.2) is 54.1 Å². The Balaban J connectivity index is 0. The SMILES string of the molecule is C[NH2+]C.C[NH2+]C.Nc1cc(N)c(S(=O)(=O)[O-])cc1S(=O)(=O)[O-]. The number of quaternary nitrogens is 2. The maximum Gasteiger partial charge on any atom is 0.126 e. The van der Waals surface area contributed by atoms with Gasteiger partial charge in [0.05, 0.1) is 49.4 Å². The molecule has 0 fully saturated rings. The zero-order chi connectivity index (χ0) is 18.1. The van der Waals surface area contributed by atoms with Crippen LogP contribution in [0.4, 0.5) is 11.4 Å². The van der Waals surface area contributed by atoms with Crippen molar-refractivity contribution in [2.45, 2.75) is 9.79 Å². The van der Waals surface area contributed by atoms with Gasteiger partial charge < -0.3 is 31.2 Å². The maximum absolute atomic E-state index is 10.7. The van der Waals surface area contributed by atoms with Gasteiger partial charge in [0.25, 0.3) is 0 Å². The summed E-state index contributed by atoms with van der Waals surface area (Å²) in [6.07, 6.45) is 0. The van der Waals surface area contributed by atoms with Crippen molar-refractivity contribution in [1.82, 2.24) is 0 Å². The smallest absolute Gasteiger partial charge is 0.126 e. The normalized spacial score (nSPS) is 10.8. The van der Waals surface area contributed by atoms with E-state index in [0.717, 1.165) is 6.07 Å². The molecule has 0 heterocycles. The van der Waals surface area contributed by atoms with Crippen molar-refractivity contribution in [2.24, 2.45) is 0 Å². The summed E-state index contributed by atoms with van der Waals surface area (Å²) in [5, 5.41) is 4.00. The van der Waals surface area contributed by atoms with Crippen molar-refractivity contribution in [3.05, 3.63) is 12.1 Å². The molecule has 0 unspecified atom stereocenters. The minimum Gasteiger partial charge on any atom is -0.744 e. The van der Waals surface area contributed by atoms with Gasteiger partial charge in [-0.1, -0.05) is 0 Å². The van der Waals surface area contributed by atoms with E-state index in [0.29, 0.717) is 6.07 Å². The zero-order valence-electron chi connectivity index (χ0n) is 12.7. The molecular formula is C10H22N4O6S2. The summed E-state index contributed by atoms with van der Waals surface area (Å²) < 4.78 is 64.0. The summed E-state index contributed by atoms with van der Waals surface area (Å²) in [6.45, 7) is 0. The molecule has 0 amide bonds. The molecule has 0 bridgehead atoms. The van der Waals surface area contributed by atoms with E-state index in [2.05, 4.69) is 0 Å². The van der Waals surface area contributed by atoms with Gasteiger partial charge in [0, 0.05) is 0 Å². The Labute approximate surface area is 130 Å². The molecule has 10 nitrogen and oxygen atoms in total. The van der Waals surface area contributed by atoms with Gasteiger partial charge in [-0.3, -0.25) is 0 Å². The van der Waals surface area contributed by atoms with Crippen LogP contribution in [0.5, 0.6) is 0 Å². The number of rotatable bonds is 2. The van der Waals surface area contributed by atoms with Crippen molar-refractivity contribution in [2.75, 3.05) is 39.7 Å². The molecule has 1 aromatic rings. The Morgan fingerprint density at radius 3 is 1.18 bits per heavy atom. The van der Waals surface area contributed by atoms with E-state index in [1.807, 2.05) is 38.8 Å². The Bertz CT molecular complexity index is 618. The highest BCUT2D eigenvalue weighted by molar-refractivity contribution is 7.86. The molecular weight excluding hydrogens is 336 g/mol. The van der Waals surface area contributed by atoms with E-state index in [4.69, 9.17) is 11.5 Å². The topological polar surface area (TPSA) is 200 Å². The zero-order valence-corrected chi connectivity index (χ0v) is 14.4. The lowest BCUT2D eigenvalue weighted by molar-refractivity contribution is -0.597. The third-order valence-corrected chi connectivity index (χ3v) is 3.47. The first-order chi connectivity index (χ1) is 9.86. The number of anilines is 2. The highest BCUT2D eigenvalue weighted by Crippen LogP contribution is 2.27. The first-order valence-corrected chi connectivity index (χ1v) is 8.77. The van der Waals surface area contributed by atoms with Crippen molar-refractivity contribution in [3.63, 3.8) is 0 Å². The lowest BCUT2D eigenvalue weighted by Gasteiger charge is -2.15. The van der Waals surface area contributed by atoms with Gasteiger partial charge in [-0.05, 0) is 12.1 Å². The summed E-state index contributed by atoms with van der Waals surface area (Å²) in [4.78, 5) is -1.98. The van der Waals surface area contributed by atoms with E-state index in [1.165, 1.54) is 0 Å². The Hall–Kier alpha value is -1.44. The number of hydrogen-bond donors (Lipinski definition) is 4. The quantitative estimate of drug-likeness (QED) is 0.305. The molecule has 1 aromatic carbocycles. The molecule has 0 atom stereocenters. The van der Waals surface area contributed by atoms with E-state index in [-0.39, 0.29) is 0 Å². The van der Waals surface area contributed by atoms with Gasteiger partial charge in [-0.25, -0.2) is 16.8 Å². The van der Waals surface area contributed by atoms with Crippen molar-refractivity contribution in [1.29, 1.82) is 0 Å². The van der Waals surface area contributed by atoms with Crippen LogP contribution >= 0.6 is 0 Å². The first-order valence-electron chi connectivity index (χ1n) is 5.95. The summed E-state index contributed by atoms with van der Waals surface area (Å²) in [5.74, 6) is 0. The fourth-order valence-electron chi connectivity index (χ4n) is 1.03. The maximum atomic E-state index is 10.7. The van der Waals surface area contributed by atoms with Crippen molar-refractivity contribution >= 4 is 31.6 Å². The standard InChI is InChI=1S/C6H8N2O6S2.2C2H7N/c7-3-1-4(8)6(16(12,13)14)2-5(3)15(9,10)11;2*1-3-2/h1-2H,7-8H2,(H,9,10,11)(H,12,13,14);2*3H,1-2H3. The van der Waals surface area contributed by atoms with E-state index >= 15 is 0 Å². The van der Waals surface area contributed by atoms with Crippen LogP contribution < -0.4 is 22.1 Å². The third kappa shape index (κ3) is 8.11. The molecule has 0 radical (unpaired) electrons. The van der Waals surface area contributed by atoms with Crippen LogP contribution in [0, 0.1) is 0 Å². The lowest BCUT2D eigenvalue weighted by Crippen LogP contribution is -2.74. The van der Waals surface area contributed by atoms with Crippen molar-refractivity contribution < 1.29 is 36.6 Å². The minimum absolute atomic E-state index is 0.356. The van der Waals surface area contributed by atoms with Gasteiger partial charge >= 0.3 is 0 Å². The first kappa shape index (κ1) is 22.8. The highest BCUT2D eigenvalue weighted by Gasteiger charge is 2.14. The Morgan fingerprint density at radius 1 is 0.773 bits per heavy atom. The van der Waals surface area contributed by atoms with E-state index in [9.17, 15) is 25.9 Å². The number of benzene rings is 1. The van der Waals surface area contributed by atoms with Crippen LogP contribution in [0.1, 0.15) is 0 Å². The average Bonchev–Trinajstić information content (AvgIpc) is 2.26. The second-order valence-corrected chi connectivity index (χ2v) is 6.69. The lowest BCUT2D eigenvalue weighted by atomic mass is 10.3. The molecule has 22 heavy (non-hydrogen) atoms. The molecule has 0 aromatic heterocycles. The number of hydrogen-bond acceptors (Lipinski definition) is 8. The second-order valence-electron chi connectivity index (χ2n) is 3.99. The van der Waals surface area contributed by atoms with Crippen LogP contribution in [0.25, 0.3) is 0 Å². The molecule has 130 valence electrons. The van der Waals surface area contributed by atoms with Crippen LogP contribution in [0.2, 0.25) is 0 Å². The number of nitrogen functional groups attached to an aromatic ring is 2. The summed E-state index contributed by atoms with van der Waals surface area (Å²) in [7, 11) is -1.93. The molecule has 1 rings (SSSR count). The molecule has 8 N–H and O–H groups in total. The molecule has 0 saturated carbocycles. The van der Waals surface area contributed by atoms with Gasteiger partial charge in [-0.2, -0.15) is 0 Å². The van der Waals surface area contributed by atoms with Crippen LogP contribution in [0.3, 0.4) is 0 Å². The fraction of sp³-hybridized carbons (Fsp3) is 0.400. The largest absolute Gasteiger partial charge is 0.744 e. The van der Waals surface area contributed by atoms with E-state index < -0.39 is 41.4 Å². The molecule has 0 aliphatic carbocycles. The van der Waals surface area contributed by atoms with Gasteiger partial charge in [0.15, 0.2) is 0 Å². The molecule has 0 aliphatic heterocycles. The predicted octanol–water partition coefficient (Wildman–Crippen LogP) is -3.72. The summed E-state index contributed by atoms with van der Waals surface area (Å²) in [5.41, 5.74) is 9.30. The van der Waals surface area contributed by atoms with E-state index in [1.54, 1.807) is 0 Å². The predicted molar refractivity (Wildman–Crippen MR) is 78.7 cm³/mol. The average molecular weight is 358 g/mol. The number of nitrogens with two attached hydrogens (primary N) is 4. The molecule has 0 spiro atoms. The third-order valence-electron chi connectivity index (χ3n) is 1.68. The molecule has 0 aliphatic rings. The Morgan fingerprint density at radius 2 is 1.00 bits per heavy atom. The monoisotopic (exact) mass is 358 g/mol. The summed E-state index contributed by atoms with van der Waals surface area (Å²) in [6, 6.07) is 1.09. The second kappa shape index (κ2) is 9.55. The van der Waals surface area contributed by atoms with Gasteiger partial charge in [0.2, 0.25) is 0 Å². The molecule has 12 heteroatoms. The van der Waals surface area contributed by atoms with Gasteiger partial charge in [-0.15, -0.1) is 0 Å². The van der Waals surface area contributed by atoms with Crippen LogP contribution in [0.15, 0.2) is 21.9 Å².